The van der Waals surface area contributed by atoms with Gasteiger partial charge >= 0.3 is 0 Å². The van der Waals surface area contributed by atoms with E-state index in [1.165, 1.54) is 19.2 Å². The average molecular weight is 376 g/mol. The summed E-state index contributed by atoms with van der Waals surface area (Å²) in [7, 11) is -2.36. The third-order valence-electron chi connectivity index (χ3n) is 2.87. The topological polar surface area (TPSA) is 64.6 Å². The molecular weight excluding hydrogens is 361 g/mol. The van der Waals surface area contributed by atoms with Crippen molar-refractivity contribution in [3.63, 3.8) is 0 Å². The van der Waals surface area contributed by atoms with Gasteiger partial charge in [0.05, 0.1) is 7.11 Å². The van der Waals surface area contributed by atoms with Crippen LogP contribution in [0.2, 0.25) is 10.0 Å². The lowest BCUT2D eigenvalue weighted by molar-refractivity contribution is 0.322. The second-order valence-electron chi connectivity index (χ2n) is 4.50. The summed E-state index contributed by atoms with van der Waals surface area (Å²) >= 11 is 11.7. The molecule has 2 aromatic rings. The molecule has 0 amide bonds. The van der Waals surface area contributed by atoms with Crippen LogP contribution in [0.1, 0.15) is 0 Å². The fourth-order valence-electron chi connectivity index (χ4n) is 1.84. The monoisotopic (exact) mass is 375 g/mol. The van der Waals surface area contributed by atoms with Crippen molar-refractivity contribution in [3.8, 4) is 11.5 Å². The lowest BCUT2D eigenvalue weighted by Crippen LogP contribution is -2.28. The van der Waals surface area contributed by atoms with Crippen LogP contribution in [0.3, 0.4) is 0 Å². The van der Waals surface area contributed by atoms with Crippen LogP contribution >= 0.6 is 23.2 Å². The second-order valence-corrected chi connectivity index (χ2v) is 7.11. The second kappa shape index (κ2) is 7.88. The number of rotatable bonds is 7. The molecule has 0 bridgehead atoms. The van der Waals surface area contributed by atoms with E-state index in [0.717, 1.165) is 0 Å². The fraction of sp³-hybridized carbons (Fsp3) is 0.200. The summed E-state index contributed by atoms with van der Waals surface area (Å²) in [5, 5.41) is 0.855. The summed E-state index contributed by atoms with van der Waals surface area (Å²) in [5.41, 5.74) is 0. The van der Waals surface area contributed by atoms with Gasteiger partial charge in [-0.3, -0.25) is 0 Å². The van der Waals surface area contributed by atoms with Gasteiger partial charge in [-0.25, -0.2) is 13.1 Å². The smallest absolute Gasteiger partial charge is 0.244 e. The molecule has 0 aliphatic carbocycles. The first-order valence-corrected chi connectivity index (χ1v) is 8.88. The third kappa shape index (κ3) is 5.00. The number of nitrogens with one attached hydrogen (secondary N) is 1. The molecule has 0 aromatic heterocycles. The molecule has 0 saturated heterocycles. The minimum absolute atomic E-state index is 0.0183. The molecule has 124 valence electrons. The van der Waals surface area contributed by atoms with E-state index in [0.29, 0.717) is 15.8 Å². The largest absolute Gasteiger partial charge is 0.495 e. The Morgan fingerprint density at radius 3 is 2.52 bits per heavy atom. The van der Waals surface area contributed by atoms with Crippen molar-refractivity contribution in [2.45, 2.75) is 4.90 Å². The maximum absolute atomic E-state index is 12.3. The number of benzene rings is 2. The molecule has 0 radical (unpaired) electrons. The maximum Gasteiger partial charge on any atom is 0.244 e. The zero-order valence-corrected chi connectivity index (χ0v) is 14.6. The van der Waals surface area contributed by atoms with Gasteiger partial charge in [-0.05, 0) is 36.4 Å². The number of methoxy groups -OCH3 is 1. The Balaban J connectivity index is 1.98. The standard InChI is InChI=1S/C15H15Cl2NO4S/c1-21-14-6-5-12(17)10-15(14)23(19,20)18-7-8-22-13-4-2-3-11(16)9-13/h2-6,9-10,18H,7-8H2,1H3. The Kier molecular flexibility index (Phi) is 6.12. The van der Waals surface area contributed by atoms with Gasteiger partial charge in [0, 0.05) is 16.6 Å². The molecule has 0 heterocycles. The van der Waals surface area contributed by atoms with Crippen LogP contribution < -0.4 is 14.2 Å². The third-order valence-corrected chi connectivity index (χ3v) is 4.83. The Morgan fingerprint density at radius 1 is 1.09 bits per heavy atom. The van der Waals surface area contributed by atoms with E-state index >= 15 is 0 Å². The fourth-order valence-corrected chi connectivity index (χ4v) is 3.46. The number of ether oxygens (including phenoxy) is 2. The molecule has 1 N–H and O–H groups in total. The molecule has 0 aliphatic rings. The van der Waals surface area contributed by atoms with Crippen LogP contribution in [0.4, 0.5) is 0 Å². The maximum atomic E-state index is 12.3. The van der Waals surface area contributed by atoms with Gasteiger partial charge in [0.1, 0.15) is 23.0 Å². The molecule has 2 rings (SSSR count). The number of halogens is 2. The van der Waals surface area contributed by atoms with E-state index in [2.05, 4.69) is 4.72 Å². The van der Waals surface area contributed by atoms with Crippen LogP contribution in [0.5, 0.6) is 11.5 Å². The molecule has 23 heavy (non-hydrogen) atoms. The van der Waals surface area contributed by atoms with Crippen molar-refractivity contribution < 1.29 is 17.9 Å². The minimum atomic E-state index is -3.75. The SMILES string of the molecule is COc1ccc(Cl)cc1S(=O)(=O)NCCOc1cccc(Cl)c1. The van der Waals surface area contributed by atoms with Gasteiger partial charge in [0.15, 0.2) is 0 Å². The van der Waals surface area contributed by atoms with Gasteiger partial charge in [-0.15, -0.1) is 0 Å². The van der Waals surface area contributed by atoms with Crippen molar-refractivity contribution in [1.29, 1.82) is 0 Å². The average Bonchev–Trinajstić information content (AvgIpc) is 2.52. The van der Waals surface area contributed by atoms with E-state index in [1.54, 1.807) is 30.3 Å². The van der Waals surface area contributed by atoms with Crippen molar-refractivity contribution in [2.75, 3.05) is 20.3 Å². The Hall–Kier alpha value is -1.47. The van der Waals surface area contributed by atoms with E-state index in [-0.39, 0.29) is 23.8 Å². The molecule has 8 heteroatoms. The summed E-state index contributed by atoms with van der Waals surface area (Å²) in [4.78, 5) is -0.0183. The zero-order chi connectivity index (χ0) is 16.9. The van der Waals surface area contributed by atoms with Gasteiger partial charge in [-0.1, -0.05) is 29.3 Å². The highest BCUT2D eigenvalue weighted by atomic mass is 35.5. The van der Waals surface area contributed by atoms with Crippen LogP contribution in [0, 0.1) is 0 Å². The highest BCUT2D eigenvalue weighted by Crippen LogP contribution is 2.26. The first kappa shape index (κ1) is 17.9. The van der Waals surface area contributed by atoms with E-state index < -0.39 is 10.0 Å². The molecule has 0 spiro atoms. The van der Waals surface area contributed by atoms with Crippen LogP contribution in [0.25, 0.3) is 0 Å². The van der Waals surface area contributed by atoms with E-state index in [4.69, 9.17) is 32.7 Å². The zero-order valence-electron chi connectivity index (χ0n) is 12.3. The van der Waals surface area contributed by atoms with Gasteiger partial charge in [0.25, 0.3) is 0 Å². The number of sulfonamides is 1. The quantitative estimate of drug-likeness (QED) is 0.753. The molecule has 0 fully saturated rings. The normalized spacial score (nSPS) is 11.3. The van der Waals surface area contributed by atoms with Crippen molar-refractivity contribution in [3.05, 3.63) is 52.5 Å². The first-order chi connectivity index (χ1) is 10.9. The summed E-state index contributed by atoms with van der Waals surface area (Å²) in [5.74, 6) is 0.787. The van der Waals surface area contributed by atoms with Crippen molar-refractivity contribution >= 4 is 33.2 Å². The highest BCUT2D eigenvalue weighted by Gasteiger charge is 2.19. The lowest BCUT2D eigenvalue weighted by atomic mass is 10.3. The molecule has 0 unspecified atom stereocenters. The Bertz CT molecular complexity index is 781. The number of hydrogen-bond acceptors (Lipinski definition) is 4. The van der Waals surface area contributed by atoms with E-state index in [9.17, 15) is 8.42 Å². The predicted octanol–water partition coefficient (Wildman–Crippen LogP) is 3.36. The van der Waals surface area contributed by atoms with Crippen LogP contribution in [0.15, 0.2) is 47.4 Å². The van der Waals surface area contributed by atoms with Crippen molar-refractivity contribution in [1.82, 2.24) is 4.72 Å². The van der Waals surface area contributed by atoms with E-state index in [1.807, 2.05) is 0 Å². The van der Waals surface area contributed by atoms with Gasteiger partial charge < -0.3 is 9.47 Å². The molecule has 0 atom stereocenters. The lowest BCUT2D eigenvalue weighted by Gasteiger charge is -2.11. The summed E-state index contributed by atoms with van der Waals surface area (Å²) < 4.78 is 37.5. The Labute approximate surface area is 145 Å². The molecular formula is C15H15Cl2NO4S. The number of hydrogen-bond donors (Lipinski definition) is 1. The van der Waals surface area contributed by atoms with Gasteiger partial charge in [-0.2, -0.15) is 0 Å². The van der Waals surface area contributed by atoms with Crippen LogP contribution in [-0.2, 0) is 10.0 Å². The molecule has 2 aromatic carbocycles. The molecule has 0 saturated carbocycles. The first-order valence-electron chi connectivity index (χ1n) is 6.64. The highest BCUT2D eigenvalue weighted by molar-refractivity contribution is 7.89. The molecule has 0 aliphatic heterocycles. The summed E-state index contributed by atoms with van der Waals surface area (Å²) in [6.07, 6.45) is 0. The van der Waals surface area contributed by atoms with Crippen molar-refractivity contribution in [2.24, 2.45) is 0 Å². The summed E-state index contributed by atoms with van der Waals surface area (Å²) in [6.45, 7) is 0.243. The van der Waals surface area contributed by atoms with Crippen LogP contribution in [-0.4, -0.2) is 28.7 Å². The Morgan fingerprint density at radius 2 is 1.83 bits per heavy atom. The molecule has 5 nitrogen and oxygen atoms in total. The minimum Gasteiger partial charge on any atom is -0.495 e. The predicted molar refractivity (Wildman–Crippen MR) is 90.1 cm³/mol. The van der Waals surface area contributed by atoms with Gasteiger partial charge in [0.2, 0.25) is 10.0 Å². The summed E-state index contributed by atoms with van der Waals surface area (Å²) in [6, 6.07) is 11.2.